The number of halogens is 3. The monoisotopic (exact) mass is 319 g/mol. The third-order valence-corrected chi connectivity index (χ3v) is 3.57. The fourth-order valence-corrected chi connectivity index (χ4v) is 2.25. The Morgan fingerprint density at radius 1 is 1.10 bits per heavy atom. The van der Waals surface area contributed by atoms with Crippen molar-refractivity contribution in [3.05, 3.63) is 53.1 Å². The molecule has 0 bridgehead atoms. The SMILES string of the molecule is NS(=O)(=O)c1ccc(Oc2cccc(F)c2F)c(Cl)c1. The molecular formula is C12H8ClF2NO3S. The second-order valence-corrected chi connectivity index (χ2v) is 5.76. The van der Waals surface area contributed by atoms with Crippen molar-refractivity contribution in [1.29, 1.82) is 0 Å². The van der Waals surface area contributed by atoms with Crippen LogP contribution >= 0.6 is 11.6 Å². The number of primary sulfonamides is 1. The maximum Gasteiger partial charge on any atom is 0.238 e. The van der Waals surface area contributed by atoms with Crippen molar-refractivity contribution >= 4 is 21.6 Å². The molecular weight excluding hydrogens is 312 g/mol. The van der Waals surface area contributed by atoms with Gasteiger partial charge < -0.3 is 4.74 Å². The second kappa shape index (κ2) is 5.35. The molecule has 8 heteroatoms. The predicted octanol–water partition coefficient (Wildman–Crippen LogP) is 3.06. The van der Waals surface area contributed by atoms with Gasteiger partial charge in [0.05, 0.1) is 9.92 Å². The van der Waals surface area contributed by atoms with Crippen molar-refractivity contribution in [3.8, 4) is 11.5 Å². The third kappa shape index (κ3) is 3.06. The maximum atomic E-state index is 13.4. The van der Waals surface area contributed by atoms with E-state index in [2.05, 4.69) is 0 Å². The molecule has 0 radical (unpaired) electrons. The highest BCUT2D eigenvalue weighted by molar-refractivity contribution is 7.89. The van der Waals surface area contributed by atoms with Gasteiger partial charge >= 0.3 is 0 Å². The number of sulfonamides is 1. The highest BCUT2D eigenvalue weighted by atomic mass is 35.5. The third-order valence-electron chi connectivity index (χ3n) is 2.37. The molecule has 20 heavy (non-hydrogen) atoms. The first-order chi connectivity index (χ1) is 9.29. The minimum atomic E-state index is -3.90. The maximum absolute atomic E-state index is 13.4. The van der Waals surface area contributed by atoms with Crippen LogP contribution in [-0.2, 0) is 10.0 Å². The van der Waals surface area contributed by atoms with Crippen molar-refractivity contribution in [2.75, 3.05) is 0 Å². The molecule has 0 unspecified atom stereocenters. The number of ether oxygens (including phenoxy) is 1. The second-order valence-electron chi connectivity index (χ2n) is 3.79. The largest absolute Gasteiger partial charge is 0.453 e. The molecule has 4 nitrogen and oxygen atoms in total. The van der Waals surface area contributed by atoms with Gasteiger partial charge in [0.2, 0.25) is 15.8 Å². The highest BCUT2D eigenvalue weighted by Crippen LogP contribution is 2.32. The van der Waals surface area contributed by atoms with Crippen molar-refractivity contribution in [2.24, 2.45) is 5.14 Å². The van der Waals surface area contributed by atoms with E-state index >= 15 is 0 Å². The van der Waals surface area contributed by atoms with Crippen LogP contribution in [0.3, 0.4) is 0 Å². The number of rotatable bonds is 3. The molecule has 2 aromatic carbocycles. The molecule has 0 saturated carbocycles. The van der Waals surface area contributed by atoms with Crippen LogP contribution < -0.4 is 9.88 Å². The summed E-state index contributed by atoms with van der Waals surface area (Å²) in [5, 5.41) is 4.84. The number of nitrogens with two attached hydrogens (primary N) is 1. The molecule has 0 amide bonds. The van der Waals surface area contributed by atoms with E-state index < -0.39 is 21.7 Å². The van der Waals surface area contributed by atoms with Gasteiger partial charge in [-0.15, -0.1) is 0 Å². The molecule has 0 aliphatic heterocycles. The summed E-state index contributed by atoms with van der Waals surface area (Å²) >= 11 is 5.82. The van der Waals surface area contributed by atoms with Crippen LogP contribution in [0.4, 0.5) is 8.78 Å². The molecule has 0 heterocycles. The van der Waals surface area contributed by atoms with Gasteiger partial charge in [-0.3, -0.25) is 0 Å². The van der Waals surface area contributed by atoms with Gasteiger partial charge in [0.1, 0.15) is 5.75 Å². The summed E-state index contributed by atoms with van der Waals surface area (Å²) in [6.45, 7) is 0. The summed E-state index contributed by atoms with van der Waals surface area (Å²) in [6, 6.07) is 6.82. The van der Waals surface area contributed by atoms with Crippen LogP contribution in [0.25, 0.3) is 0 Å². The standard InChI is InChI=1S/C12H8ClF2NO3S/c13-8-6-7(20(16,17)18)4-5-10(8)19-11-3-1-2-9(14)12(11)15/h1-6H,(H2,16,17,18). The van der Waals surface area contributed by atoms with E-state index in [0.29, 0.717) is 0 Å². The minimum Gasteiger partial charge on any atom is -0.453 e. The van der Waals surface area contributed by atoms with Crippen LogP contribution in [0, 0.1) is 11.6 Å². The summed E-state index contributed by atoms with van der Waals surface area (Å²) in [7, 11) is -3.90. The average molecular weight is 320 g/mol. The number of benzene rings is 2. The van der Waals surface area contributed by atoms with Gasteiger partial charge in [-0.25, -0.2) is 17.9 Å². The van der Waals surface area contributed by atoms with Crippen LogP contribution in [0.15, 0.2) is 41.3 Å². The van der Waals surface area contributed by atoms with Gasteiger partial charge in [-0.2, -0.15) is 4.39 Å². The molecule has 0 aliphatic carbocycles. The van der Waals surface area contributed by atoms with Crippen LogP contribution in [-0.4, -0.2) is 8.42 Å². The van der Waals surface area contributed by atoms with Gasteiger partial charge in [0, 0.05) is 0 Å². The topological polar surface area (TPSA) is 69.4 Å². The first-order valence-corrected chi connectivity index (χ1v) is 7.15. The normalized spacial score (nSPS) is 11.4. The summed E-state index contributed by atoms with van der Waals surface area (Å²) < 4.78 is 53.8. The fourth-order valence-electron chi connectivity index (χ4n) is 1.42. The van der Waals surface area contributed by atoms with Gasteiger partial charge in [0.15, 0.2) is 11.6 Å². The average Bonchev–Trinajstić information content (AvgIpc) is 2.36. The Labute approximate surface area is 118 Å². The lowest BCUT2D eigenvalue weighted by Gasteiger charge is -2.09. The van der Waals surface area contributed by atoms with Crippen LogP contribution in [0.2, 0.25) is 5.02 Å². The first kappa shape index (κ1) is 14.7. The Kier molecular flexibility index (Phi) is 3.94. The smallest absolute Gasteiger partial charge is 0.238 e. The Hall–Kier alpha value is -1.70. The van der Waals surface area contributed by atoms with Gasteiger partial charge in [-0.1, -0.05) is 17.7 Å². The van der Waals surface area contributed by atoms with E-state index in [1.807, 2.05) is 0 Å². The zero-order valence-corrected chi connectivity index (χ0v) is 11.4. The molecule has 0 aromatic heterocycles. The Balaban J connectivity index is 2.38. The summed E-state index contributed by atoms with van der Waals surface area (Å²) in [6.07, 6.45) is 0. The van der Waals surface area contributed by atoms with E-state index in [-0.39, 0.29) is 21.4 Å². The molecule has 0 spiro atoms. The fraction of sp³-hybridized carbons (Fsp3) is 0. The van der Waals surface area contributed by atoms with E-state index in [4.69, 9.17) is 21.5 Å². The molecule has 2 aromatic rings. The molecule has 2 N–H and O–H groups in total. The molecule has 0 fully saturated rings. The van der Waals surface area contributed by atoms with Crippen LogP contribution in [0.5, 0.6) is 11.5 Å². The quantitative estimate of drug-likeness (QED) is 0.945. The number of hydrogen-bond acceptors (Lipinski definition) is 3. The Morgan fingerprint density at radius 3 is 2.40 bits per heavy atom. The molecule has 2 rings (SSSR count). The van der Waals surface area contributed by atoms with E-state index in [1.54, 1.807) is 0 Å². The molecule has 0 saturated heterocycles. The van der Waals surface area contributed by atoms with E-state index in [1.165, 1.54) is 18.2 Å². The Bertz CT molecular complexity index is 765. The van der Waals surface area contributed by atoms with Crippen molar-refractivity contribution in [3.63, 3.8) is 0 Å². The molecule has 106 valence electrons. The van der Waals surface area contributed by atoms with Crippen molar-refractivity contribution < 1.29 is 21.9 Å². The lowest BCUT2D eigenvalue weighted by Crippen LogP contribution is -2.11. The minimum absolute atomic E-state index is 0.0245. The van der Waals surface area contributed by atoms with Gasteiger partial charge in [-0.05, 0) is 30.3 Å². The lowest BCUT2D eigenvalue weighted by atomic mass is 10.3. The predicted molar refractivity (Wildman–Crippen MR) is 69.3 cm³/mol. The Morgan fingerprint density at radius 2 is 1.80 bits per heavy atom. The summed E-state index contributed by atoms with van der Waals surface area (Å²) in [5.74, 6) is -2.63. The zero-order valence-electron chi connectivity index (χ0n) is 9.81. The first-order valence-electron chi connectivity index (χ1n) is 5.23. The molecule has 0 aliphatic rings. The van der Waals surface area contributed by atoms with E-state index in [9.17, 15) is 17.2 Å². The highest BCUT2D eigenvalue weighted by Gasteiger charge is 2.14. The van der Waals surface area contributed by atoms with Crippen molar-refractivity contribution in [2.45, 2.75) is 4.90 Å². The summed E-state index contributed by atoms with van der Waals surface area (Å²) in [4.78, 5) is -0.213. The van der Waals surface area contributed by atoms with Crippen molar-refractivity contribution in [1.82, 2.24) is 0 Å². The van der Waals surface area contributed by atoms with Crippen LogP contribution in [0.1, 0.15) is 0 Å². The lowest BCUT2D eigenvalue weighted by molar-refractivity contribution is 0.416. The van der Waals surface area contributed by atoms with Gasteiger partial charge in [0.25, 0.3) is 0 Å². The zero-order chi connectivity index (χ0) is 14.9. The number of hydrogen-bond donors (Lipinski definition) is 1. The van der Waals surface area contributed by atoms with E-state index in [0.717, 1.165) is 18.2 Å². The summed E-state index contributed by atoms with van der Waals surface area (Å²) in [5.41, 5.74) is 0. The molecule has 0 atom stereocenters.